The minimum Gasteiger partial charge on any atom is -0.488 e. The zero-order chi connectivity index (χ0) is 26.3. The average Bonchev–Trinajstić information content (AvgIpc) is 3.55. The molecule has 1 saturated carbocycles. The van der Waals surface area contributed by atoms with E-state index in [9.17, 15) is 18.3 Å². The first-order chi connectivity index (χ1) is 17.0. The summed E-state index contributed by atoms with van der Waals surface area (Å²) in [6.45, 7) is 4.97. The van der Waals surface area contributed by atoms with Crippen LogP contribution in [0.1, 0.15) is 31.0 Å². The van der Waals surface area contributed by atoms with Gasteiger partial charge in [-0.2, -0.15) is 13.2 Å². The van der Waals surface area contributed by atoms with Gasteiger partial charge in [0.25, 0.3) is 0 Å². The van der Waals surface area contributed by atoms with Crippen molar-refractivity contribution < 1.29 is 23.0 Å². The summed E-state index contributed by atoms with van der Waals surface area (Å²) < 4.78 is 46.9. The van der Waals surface area contributed by atoms with Crippen LogP contribution in [0.2, 0.25) is 10.2 Å². The third-order valence-electron chi connectivity index (χ3n) is 6.13. The molecule has 0 radical (unpaired) electrons. The largest absolute Gasteiger partial charge is 0.488 e. The molecule has 1 unspecified atom stereocenters. The van der Waals surface area contributed by atoms with E-state index in [0.717, 1.165) is 25.0 Å². The maximum Gasteiger partial charge on any atom is 0.433 e. The molecule has 0 spiro atoms. The monoisotopic (exact) mass is 538 g/mol. The normalized spacial score (nSPS) is 16.8. The summed E-state index contributed by atoms with van der Waals surface area (Å²) >= 11 is 13.0. The summed E-state index contributed by atoms with van der Waals surface area (Å²) in [5, 5.41) is 12.9. The van der Waals surface area contributed by atoms with Gasteiger partial charge in [-0.3, -0.25) is 4.99 Å². The number of hydrogen-bond acceptors (Lipinski definition) is 5. The molecule has 1 aromatic carbocycles. The van der Waals surface area contributed by atoms with Crippen LogP contribution in [0.25, 0.3) is 10.9 Å². The Morgan fingerprint density at radius 1 is 1.31 bits per heavy atom. The second kappa shape index (κ2) is 9.88. The summed E-state index contributed by atoms with van der Waals surface area (Å²) in [5.41, 5.74) is -1.75. The summed E-state index contributed by atoms with van der Waals surface area (Å²) in [5.74, 6) is 0.711. The number of rotatable bonds is 8. The lowest BCUT2D eigenvalue weighted by atomic mass is 9.83. The number of nitrogens with zero attached hydrogens (tertiary/aromatic N) is 4. The van der Waals surface area contributed by atoms with Gasteiger partial charge in [0.2, 0.25) is 0 Å². The van der Waals surface area contributed by atoms with Crippen molar-refractivity contribution in [1.82, 2.24) is 14.5 Å². The van der Waals surface area contributed by atoms with Crippen LogP contribution >= 0.6 is 23.2 Å². The summed E-state index contributed by atoms with van der Waals surface area (Å²) in [6, 6.07) is 4.86. The molecular weight excluding hydrogens is 516 g/mol. The molecule has 36 heavy (non-hydrogen) atoms. The highest BCUT2D eigenvalue weighted by molar-refractivity contribution is 6.40. The van der Waals surface area contributed by atoms with Crippen molar-refractivity contribution in [2.75, 3.05) is 6.61 Å². The van der Waals surface area contributed by atoms with Crippen LogP contribution in [-0.2, 0) is 12.6 Å². The molecule has 1 N–H and O–H groups in total. The lowest BCUT2D eigenvalue weighted by molar-refractivity contribution is -0.0922. The Morgan fingerprint density at radius 3 is 2.61 bits per heavy atom. The third-order valence-corrected chi connectivity index (χ3v) is 6.76. The number of ether oxygens (including phenoxy) is 1. The quantitative estimate of drug-likeness (QED) is 0.205. The summed E-state index contributed by atoms with van der Waals surface area (Å²) in [7, 11) is 1.67. The second-order valence-electron chi connectivity index (χ2n) is 8.69. The number of hydrogen-bond donors (Lipinski definition) is 1. The van der Waals surface area contributed by atoms with E-state index in [2.05, 4.69) is 21.7 Å². The Balaban J connectivity index is 1.87. The molecule has 1 aliphatic rings. The zero-order valence-corrected chi connectivity index (χ0v) is 21.0. The Hall–Kier alpha value is -2.88. The highest BCUT2D eigenvalue weighted by Crippen LogP contribution is 2.43. The lowest BCUT2D eigenvalue weighted by Gasteiger charge is -2.30. The predicted molar refractivity (Wildman–Crippen MR) is 134 cm³/mol. The fraction of sp³-hybridized carbons (Fsp3) is 0.320. The Kier molecular flexibility index (Phi) is 7.19. The maximum atomic E-state index is 13.2. The zero-order valence-electron chi connectivity index (χ0n) is 19.5. The average molecular weight is 539 g/mol. The van der Waals surface area contributed by atoms with Crippen molar-refractivity contribution in [2.24, 2.45) is 18.0 Å². The van der Waals surface area contributed by atoms with Gasteiger partial charge in [0.1, 0.15) is 5.70 Å². The minimum atomic E-state index is -4.69. The standard InChI is InChI=1S/C25H23Cl2F3N4O2/c1-14(4-9-19(31-2)25(28,29)30)24(35,20-11-32-13-34(20)3)16-7-8-18-17(10-16)21(26)22(23(27)33-18)36-12-15-5-6-15/h4,7-11,13,15,35H,2,5-6,12H2,1,3H3/b14-4+,19-9-. The van der Waals surface area contributed by atoms with Crippen molar-refractivity contribution in [3.8, 4) is 5.75 Å². The van der Waals surface area contributed by atoms with E-state index in [1.807, 2.05) is 0 Å². The first-order valence-electron chi connectivity index (χ1n) is 11.0. The van der Waals surface area contributed by atoms with Gasteiger partial charge in [0, 0.05) is 12.4 Å². The number of aliphatic hydroxyl groups is 1. The summed E-state index contributed by atoms with van der Waals surface area (Å²) in [6.07, 6.45) is 2.30. The van der Waals surface area contributed by atoms with Crippen molar-refractivity contribution in [2.45, 2.75) is 31.5 Å². The van der Waals surface area contributed by atoms with Gasteiger partial charge in [-0.05, 0) is 61.7 Å². The summed E-state index contributed by atoms with van der Waals surface area (Å²) in [4.78, 5) is 11.5. The SMILES string of the molecule is C=N/C(=C\C=C(/C)C(O)(c1ccc2nc(Cl)c(OCC3CC3)c(Cl)c2c1)c1cncn1C)C(F)(F)F. The number of allylic oxidation sites excluding steroid dienone is 3. The number of imidazole rings is 1. The molecule has 3 aromatic rings. The molecule has 0 amide bonds. The van der Waals surface area contributed by atoms with Crippen LogP contribution in [0.5, 0.6) is 5.75 Å². The van der Waals surface area contributed by atoms with Gasteiger partial charge < -0.3 is 14.4 Å². The highest BCUT2D eigenvalue weighted by atomic mass is 35.5. The van der Waals surface area contributed by atoms with Crippen LogP contribution in [0.4, 0.5) is 13.2 Å². The molecule has 1 fully saturated rings. The molecule has 0 aliphatic heterocycles. The number of aromatic nitrogens is 3. The smallest absolute Gasteiger partial charge is 0.433 e. The molecule has 0 bridgehead atoms. The second-order valence-corrected chi connectivity index (χ2v) is 9.43. The van der Waals surface area contributed by atoms with Crippen LogP contribution in [0.3, 0.4) is 0 Å². The van der Waals surface area contributed by atoms with E-state index in [1.54, 1.807) is 29.8 Å². The number of aryl methyl sites for hydroxylation is 1. The number of aliphatic imine (C=N–C) groups is 1. The lowest BCUT2D eigenvalue weighted by Crippen LogP contribution is -2.31. The maximum absolute atomic E-state index is 13.2. The van der Waals surface area contributed by atoms with Crippen molar-refractivity contribution in [1.29, 1.82) is 0 Å². The predicted octanol–water partition coefficient (Wildman–Crippen LogP) is 6.39. The Bertz CT molecular complexity index is 1380. The molecule has 1 aliphatic carbocycles. The molecule has 2 aromatic heterocycles. The minimum absolute atomic E-state index is 0.126. The van der Waals surface area contributed by atoms with Crippen LogP contribution in [0.15, 0.2) is 59.1 Å². The molecular formula is C25H23Cl2F3N4O2. The van der Waals surface area contributed by atoms with Crippen molar-refractivity contribution in [3.63, 3.8) is 0 Å². The molecule has 190 valence electrons. The molecule has 4 rings (SSSR count). The molecule has 0 saturated heterocycles. The van der Waals surface area contributed by atoms with Gasteiger partial charge in [-0.15, -0.1) is 0 Å². The van der Waals surface area contributed by atoms with E-state index in [0.29, 0.717) is 34.7 Å². The van der Waals surface area contributed by atoms with Crippen molar-refractivity contribution in [3.05, 3.63) is 75.6 Å². The number of fused-ring (bicyclic) bond motifs is 1. The Labute approximate surface area is 215 Å². The number of pyridine rings is 1. The van der Waals surface area contributed by atoms with Crippen LogP contribution < -0.4 is 4.74 Å². The van der Waals surface area contributed by atoms with Gasteiger partial charge >= 0.3 is 6.18 Å². The van der Waals surface area contributed by atoms with Gasteiger partial charge in [0.05, 0.1) is 35.4 Å². The number of benzene rings is 1. The van der Waals surface area contributed by atoms with Gasteiger partial charge in [0.15, 0.2) is 16.5 Å². The van der Waals surface area contributed by atoms with E-state index in [-0.39, 0.29) is 21.5 Å². The molecule has 2 heterocycles. The number of halogens is 5. The van der Waals surface area contributed by atoms with E-state index >= 15 is 0 Å². The van der Waals surface area contributed by atoms with E-state index in [1.165, 1.54) is 19.4 Å². The van der Waals surface area contributed by atoms with E-state index in [4.69, 9.17) is 27.9 Å². The molecule has 6 nitrogen and oxygen atoms in total. The van der Waals surface area contributed by atoms with Crippen LogP contribution in [0, 0.1) is 5.92 Å². The number of alkyl halides is 3. The van der Waals surface area contributed by atoms with E-state index < -0.39 is 17.5 Å². The molecule has 11 heteroatoms. The van der Waals surface area contributed by atoms with Gasteiger partial charge in [-0.1, -0.05) is 35.3 Å². The topological polar surface area (TPSA) is 72.5 Å². The molecule has 1 atom stereocenters. The highest BCUT2D eigenvalue weighted by Gasteiger charge is 2.38. The fourth-order valence-corrected chi connectivity index (χ4v) is 4.44. The third kappa shape index (κ3) is 5.00. The van der Waals surface area contributed by atoms with Crippen molar-refractivity contribution >= 4 is 40.8 Å². The van der Waals surface area contributed by atoms with Crippen LogP contribution in [-0.4, -0.2) is 39.1 Å². The Morgan fingerprint density at radius 2 is 2.03 bits per heavy atom. The fourth-order valence-electron chi connectivity index (χ4n) is 3.86. The first-order valence-corrected chi connectivity index (χ1v) is 11.8. The van der Waals surface area contributed by atoms with Gasteiger partial charge in [-0.25, -0.2) is 9.97 Å². The first kappa shape index (κ1) is 26.2.